The summed E-state index contributed by atoms with van der Waals surface area (Å²) in [5.41, 5.74) is 0. The lowest BCUT2D eigenvalue weighted by Gasteiger charge is -2.35. The van der Waals surface area contributed by atoms with Crippen molar-refractivity contribution in [1.82, 2.24) is 5.32 Å². The van der Waals surface area contributed by atoms with Gasteiger partial charge in [-0.2, -0.15) is 0 Å². The van der Waals surface area contributed by atoms with Gasteiger partial charge in [0, 0.05) is 11.3 Å². The minimum absolute atomic E-state index is 0.166. The third kappa shape index (κ3) is 2.28. The molecule has 1 rings (SSSR count). The third-order valence-electron chi connectivity index (χ3n) is 2.67. The van der Waals surface area contributed by atoms with Gasteiger partial charge in [-0.25, -0.2) is 0 Å². The first-order chi connectivity index (χ1) is 5.65. The van der Waals surface area contributed by atoms with E-state index in [1.165, 1.54) is 0 Å². The van der Waals surface area contributed by atoms with E-state index < -0.39 is 11.1 Å². The fourth-order valence-corrected chi connectivity index (χ4v) is 2.90. The average molecular weight is 190 g/mol. The highest BCUT2D eigenvalue weighted by Crippen LogP contribution is 2.26. The van der Waals surface area contributed by atoms with Crippen molar-refractivity contribution in [2.45, 2.75) is 37.5 Å². The van der Waals surface area contributed by atoms with Crippen LogP contribution in [0, 0.1) is 5.92 Å². The summed E-state index contributed by atoms with van der Waals surface area (Å²) in [4.78, 5) is 0. The number of hydrogen-bond acceptors (Lipinski definition) is 3. The lowest BCUT2D eigenvalue weighted by molar-refractivity contribution is 0.315. The van der Waals surface area contributed by atoms with Crippen LogP contribution in [-0.4, -0.2) is 27.1 Å². The van der Waals surface area contributed by atoms with Crippen LogP contribution >= 0.6 is 0 Å². The molecule has 1 fully saturated rings. The fourth-order valence-electron chi connectivity index (χ4n) is 1.87. The highest BCUT2D eigenvalue weighted by Gasteiger charge is 2.27. The maximum absolute atomic E-state index is 10.8. The quantitative estimate of drug-likeness (QED) is 0.650. The van der Waals surface area contributed by atoms with E-state index in [-0.39, 0.29) is 11.3 Å². The van der Waals surface area contributed by atoms with Crippen LogP contribution in [0.25, 0.3) is 0 Å². The molecule has 0 amide bonds. The van der Waals surface area contributed by atoms with Gasteiger partial charge in [0.2, 0.25) is 0 Å². The van der Waals surface area contributed by atoms with E-state index in [0.29, 0.717) is 5.92 Å². The Kier molecular flexibility index (Phi) is 3.68. The van der Waals surface area contributed by atoms with Gasteiger partial charge in [-0.05, 0) is 32.2 Å². The summed E-state index contributed by atoms with van der Waals surface area (Å²) in [6.45, 7) is 2.12. The van der Waals surface area contributed by atoms with Gasteiger partial charge in [0.15, 0.2) is 0 Å². The molecular formula is C8H16NO2S-. The van der Waals surface area contributed by atoms with Gasteiger partial charge < -0.3 is 9.87 Å². The fraction of sp³-hybridized carbons (Fsp3) is 1.00. The Morgan fingerprint density at radius 1 is 1.50 bits per heavy atom. The smallest absolute Gasteiger partial charge is 0.0371 e. The lowest BCUT2D eigenvalue weighted by atomic mass is 9.87. The molecule has 1 aliphatic rings. The first-order valence-corrected chi connectivity index (χ1v) is 5.54. The molecule has 0 aromatic heterocycles. The molecule has 0 heterocycles. The molecule has 0 aliphatic heterocycles. The molecule has 12 heavy (non-hydrogen) atoms. The van der Waals surface area contributed by atoms with Crippen molar-refractivity contribution >= 4 is 11.1 Å². The maximum atomic E-state index is 10.8. The standard InChI is InChI=1S/C8H17NO2S/c1-6-3-4-7(9-2)8(5-6)12(10)11/h6-9H,3-5H2,1-2H3,(H,10,11)/p-1. The molecule has 0 aromatic rings. The van der Waals surface area contributed by atoms with Crippen molar-refractivity contribution in [2.24, 2.45) is 5.92 Å². The molecule has 72 valence electrons. The third-order valence-corrected chi connectivity index (χ3v) is 3.69. The predicted molar refractivity (Wildman–Crippen MR) is 48.6 cm³/mol. The Bertz CT molecular complexity index is 174. The van der Waals surface area contributed by atoms with Crippen molar-refractivity contribution in [3.63, 3.8) is 0 Å². The molecule has 0 aromatic carbocycles. The summed E-state index contributed by atoms with van der Waals surface area (Å²) < 4.78 is 21.7. The minimum atomic E-state index is -1.92. The van der Waals surface area contributed by atoms with Crippen LogP contribution < -0.4 is 5.32 Å². The Balaban J connectivity index is 2.58. The summed E-state index contributed by atoms with van der Waals surface area (Å²) >= 11 is -1.92. The first kappa shape index (κ1) is 10.2. The second kappa shape index (κ2) is 4.35. The minimum Gasteiger partial charge on any atom is -0.772 e. The molecule has 0 spiro atoms. The Labute approximate surface area is 76.2 Å². The van der Waals surface area contributed by atoms with E-state index in [0.717, 1.165) is 19.3 Å². The van der Waals surface area contributed by atoms with Crippen molar-refractivity contribution in [1.29, 1.82) is 0 Å². The number of rotatable bonds is 2. The molecule has 0 radical (unpaired) electrons. The zero-order chi connectivity index (χ0) is 9.14. The van der Waals surface area contributed by atoms with Gasteiger partial charge in [-0.3, -0.25) is 4.21 Å². The van der Waals surface area contributed by atoms with Gasteiger partial charge in [0.1, 0.15) is 0 Å². The van der Waals surface area contributed by atoms with E-state index in [1.807, 2.05) is 7.05 Å². The highest BCUT2D eigenvalue weighted by molar-refractivity contribution is 7.79. The predicted octanol–water partition coefficient (Wildman–Crippen LogP) is 0.642. The Morgan fingerprint density at radius 3 is 2.67 bits per heavy atom. The summed E-state index contributed by atoms with van der Waals surface area (Å²) in [7, 11) is 1.83. The van der Waals surface area contributed by atoms with Crippen LogP contribution in [0.5, 0.6) is 0 Å². The van der Waals surface area contributed by atoms with Gasteiger partial charge in [0.05, 0.1) is 0 Å². The van der Waals surface area contributed by atoms with E-state index in [1.54, 1.807) is 0 Å². The van der Waals surface area contributed by atoms with E-state index in [2.05, 4.69) is 12.2 Å². The topological polar surface area (TPSA) is 52.2 Å². The van der Waals surface area contributed by atoms with Crippen LogP contribution in [0.3, 0.4) is 0 Å². The SMILES string of the molecule is CNC1CCC(C)CC1S(=O)[O-]. The molecule has 4 atom stereocenters. The van der Waals surface area contributed by atoms with E-state index in [4.69, 9.17) is 0 Å². The first-order valence-electron chi connectivity index (χ1n) is 4.40. The summed E-state index contributed by atoms with van der Waals surface area (Å²) in [5, 5.41) is 2.88. The molecule has 1 aliphatic carbocycles. The van der Waals surface area contributed by atoms with Crippen molar-refractivity contribution in [3.8, 4) is 0 Å². The average Bonchev–Trinajstić information content (AvgIpc) is 2.04. The van der Waals surface area contributed by atoms with E-state index in [9.17, 15) is 8.76 Å². The second-order valence-corrected chi connectivity index (χ2v) is 4.74. The summed E-state index contributed by atoms with van der Waals surface area (Å²) in [6.07, 6.45) is 2.93. The molecule has 0 bridgehead atoms. The van der Waals surface area contributed by atoms with E-state index >= 15 is 0 Å². The molecule has 1 saturated carbocycles. The number of nitrogens with one attached hydrogen (secondary N) is 1. The zero-order valence-electron chi connectivity index (χ0n) is 7.58. The van der Waals surface area contributed by atoms with Crippen LogP contribution in [0.1, 0.15) is 26.2 Å². The van der Waals surface area contributed by atoms with Crippen LogP contribution in [0.15, 0.2) is 0 Å². The maximum Gasteiger partial charge on any atom is 0.0371 e. The monoisotopic (exact) mass is 190 g/mol. The number of hydrogen-bond donors (Lipinski definition) is 1. The van der Waals surface area contributed by atoms with Gasteiger partial charge in [0.25, 0.3) is 0 Å². The van der Waals surface area contributed by atoms with Gasteiger partial charge in [-0.1, -0.05) is 18.0 Å². The Morgan fingerprint density at radius 2 is 2.17 bits per heavy atom. The molecule has 4 unspecified atom stereocenters. The molecule has 3 nitrogen and oxygen atoms in total. The summed E-state index contributed by atoms with van der Waals surface area (Å²) in [6, 6.07) is 0.166. The van der Waals surface area contributed by atoms with Crippen LogP contribution in [0.4, 0.5) is 0 Å². The highest BCUT2D eigenvalue weighted by atomic mass is 32.2. The zero-order valence-corrected chi connectivity index (χ0v) is 8.39. The van der Waals surface area contributed by atoms with Crippen LogP contribution in [0.2, 0.25) is 0 Å². The Hall–Kier alpha value is 0.0700. The lowest BCUT2D eigenvalue weighted by Crippen LogP contribution is -2.44. The molecular weight excluding hydrogens is 174 g/mol. The largest absolute Gasteiger partial charge is 0.772 e. The summed E-state index contributed by atoms with van der Waals surface area (Å²) in [5.74, 6) is 0.553. The molecule has 0 saturated heterocycles. The van der Waals surface area contributed by atoms with Crippen molar-refractivity contribution in [2.75, 3.05) is 7.05 Å². The van der Waals surface area contributed by atoms with Crippen molar-refractivity contribution < 1.29 is 8.76 Å². The van der Waals surface area contributed by atoms with Crippen LogP contribution in [-0.2, 0) is 11.1 Å². The normalized spacial score (nSPS) is 39.4. The molecule has 4 heteroatoms. The van der Waals surface area contributed by atoms with Gasteiger partial charge >= 0.3 is 0 Å². The molecule has 1 N–H and O–H groups in total. The second-order valence-electron chi connectivity index (χ2n) is 3.61. The van der Waals surface area contributed by atoms with Gasteiger partial charge in [-0.15, -0.1) is 0 Å². The van der Waals surface area contributed by atoms with Crippen molar-refractivity contribution in [3.05, 3.63) is 0 Å².